The third-order valence-corrected chi connectivity index (χ3v) is 1.37. The van der Waals surface area contributed by atoms with Crippen LogP contribution in [0.4, 0.5) is 0 Å². The predicted molar refractivity (Wildman–Crippen MR) is 34.2 cm³/mol. The zero-order valence-corrected chi connectivity index (χ0v) is 6.27. The van der Waals surface area contributed by atoms with Gasteiger partial charge in [-0.15, -0.1) is 5.10 Å². The maximum absolute atomic E-state index is 5.01. The number of hydrogen-bond acceptors (Lipinski definition) is 4. The highest BCUT2D eigenvalue weighted by molar-refractivity contribution is 4.83. The van der Waals surface area contributed by atoms with Crippen LogP contribution < -0.4 is 0 Å². The SMILES string of the molecule is CO[C@@H](C)c1nnnn1C. The molecule has 0 N–H and O–H groups in total. The molecule has 5 heteroatoms. The molecule has 1 atom stereocenters. The van der Waals surface area contributed by atoms with Gasteiger partial charge in [-0.05, 0) is 17.4 Å². The van der Waals surface area contributed by atoms with Crippen molar-refractivity contribution < 1.29 is 4.74 Å². The first-order valence-corrected chi connectivity index (χ1v) is 3.00. The van der Waals surface area contributed by atoms with E-state index in [9.17, 15) is 0 Å². The van der Waals surface area contributed by atoms with Gasteiger partial charge in [0, 0.05) is 14.2 Å². The lowest BCUT2D eigenvalue weighted by atomic mass is 10.4. The Morgan fingerprint density at radius 3 is 2.70 bits per heavy atom. The fourth-order valence-electron chi connectivity index (χ4n) is 0.686. The van der Waals surface area contributed by atoms with E-state index in [0.717, 1.165) is 5.82 Å². The van der Waals surface area contributed by atoms with Crippen LogP contribution in [0.1, 0.15) is 18.9 Å². The number of nitrogens with zero attached hydrogens (tertiary/aromatic N) is 4. The van der Waals surface area contributed by atoms with Crippen LogP contribution in [0.15, 0.2) is 0 Å². The van der Waals surface area contributed by atoms with Crippen molar-refractivity contribution in [2.75, 3.05) is 7.11 Å². The summed E-state index contributed by atoms with van der Waals surface area (Å²) >= 11 is 0. The van der Waals surface area contributed by atoms with E-state index in [0.29, 0.717) is 0 Å². The number of aromatic nitrogens is 4. The van der Waals surface area contributed by atoms with E-state index in [4.69, 9.17) is 4.74 Å². The van der Waals surface area contributed by atoms with Crippen LogP contribution in [0.5, 0.6) is 0 Å². The lowest BCUT2D eigenvalue weighted by Gasteiger charge is -2.04. The summed E-state index contributed by atoms with van der Waals surface area (Å²) in [5.41, 5.74) is 0. The highest BCUT2D eigenvalue weighted by atomic mass is 16.5. The van der Waals surface area contributed by atoms with E-state index in [1.165, 1.54) is 0 Å². The van der Waals surface area contributed by atoms with E-state index in [1.54, 1.807) is 18.8 Å². The van der Waals surface area contributed by atoms with Gasteiger partial charge in [0.2, 0.25) is 0 Å². The summed E-state index contributed by atoms with van der Waals surface area (Å²) in [6, 6.07) is 0. The van der Waals surface area contributed by atoms with E-state index < -0.39 is 0 Å². The van der Waals surface area contributed by atoms with Crippen molar-refractivity contribution >= 4 is 0 Å². The van der Waals surface area contributed by atoms with Gasteiger partial charge in [-0.2, -0.15) is 0 Å². The molecule has 0 aliphatic heterocycles. The zero-order chi connectivity index (χ0) is 7.56. The first kappa shape index (κ1) is 7.14. The average Bonchev–Trinajstić information content (AvgIpc) is 2.34. The summed E-state index contributed by atoms with van der Waals surface area (Å²) in [6.45, 7) is 1.89. The van der Waals surface area contributed by atoms with Crippen LogP contribution in [-0.2, 0) is 11.8 Å². The third kappa shape index (κ3) is 1.13. The molecular weight excluding hydrogens is 132 g/mol. The second kappa shape index (κ2) is 2.74. The molecule has 1 heterocycles. The molecule has 0 saturated carbocycles. The summed E-state index contributed by atoms with van der Waals surface area (Å²) in [4.78, 5) is 0. The molecule has 0 unspecified atom stereocenters. The molecule has 0 spiro atoms. The van der Waals surface area contributed by atoms with Crippen molar-refractivity contribution in [2.45, 2.75) is 13.0 Å². The first-order valence-electron chi connectivity index (χ1n) is 3.00. The maximum atomic E-state index is 5.01. The lowest BCUT2D eigenvalue weighted by Crippen LogP contribution is -2.05. The monoisotopic (exact) mass is 142 g/mol. The van der Waals surface area contributed by atoms with Gasteiger partial charge < -0.3 is 4.74 Å². The van der Waals surface area contributed by atoms with Crippen molar-refractivity contribution in [3.05, 3.63) is 5.82 Å². The summed E-state index contributed by atoms with van der Waals surface area (Å²) in [7, 11) is 3.41. The molecule has 0 amide bonds. The number of aryl methyl sites for hydroxylation is 1. The molecule has 56 valence electrons. The van der Waals surface area contributed by atoms with Gasteiger partial charge in [-0.25, -0.2) is 4.68 Å². The van der Waals surface area contributed by atoms with E-state index >= 15 is 0 Å². The van der Waals surface area contributed by atoms with Gasteiger partial charge in [0.05, 0.1) is 0 Å². The minimum Gasteiger partial charge on any atom is -0.374 e. The highest BCUT2D eigenvalue weighted by Gasteiger charge is 2.09. The molecule has 5 nitrogen and oxygen atoms in total. The van der Waals surface area contributed by atoms with Crippen molar-refractivity contribution in [1.82, 2.24) is 20.2 Å². The quantitative estimate of drug-likeness (QED) is 0.579. The minimum absolute atomic E-state index is 0.0417. The number of methoxy groups -OCH3 is 1. The van der Waals surface area contributed by atoms with Gasteiger partial charge in [0.25, 0.3) is 0 Å². The van der Waals surface area contributed by atoms with Crippen molar-refractivity contribution in [1.29, 1.82) is 0 Å². The van der Waals surface area contributed by atoms with Gasteiger partial charge in [0.1, 0.15) is 6.10 Å². The Bertz CT molecular complexity index is 209. The van der Waals surface area contributed by atoms with Gasteiger partial charge in [-0.1, -0.05) is 0 Å². The Hall–Kier alpha value is -0.970. The molecule has 0 fully saturated rings. The van der Waals surface area contributed by atoms with E-state index in [2.05, 4.69) is 15.5 Å². The molecule has 0 aliphatic carbocycles. The molecule has 1 aromatic heterocycles. The molecule has 0 radical (unpaired) electrons. The van der Waals surface area contributed by atoms with Crippen LogP contribution in [0.3, 0.4) is 0 Å². The van der Waals surface area contributed by atoms with E-state index in [-0.39, 0.29) is 6.10 Å². The number of tetrazole rings is 1. The van der Waals surface area contributed by atoms with Gasteiger partial charge in [0.15, 0.2) is 5.82 Å². The van der Waals surface area contributed by atoms with Crippen LogP contribution in [0, 0.1) is 0 Å². The van der Waals surface area contributed by atoms with Crippen LogP contribution >= 0.6 is 0 Å². The smallest absolute Gasteiger partial charge is 0.179 e. The molecule has 1 aromatic rings. The minimum atomic E-state index is -0.0417. The molecule has 1 rings (SSSR count). The van der Waals surface area contributed by atoms with E-state index in [1.807, 2.05) is 6.92 Å². The number of hydrogen-bond donors (Lipinski definition) is 0. The summed E-state index contributed by atoms with van der Waals surface area (Å²) in [6.07, 6.45) is -0.0417. The van der Waals surface area contributed by atoms with Gasteiger partial charge >= 0.3 is 0 Å². The van der Waals surface area contributed by atoms with Crippen molar-refractivity contribution in [3.8, 4) is 0 Å². The molecule has 0 aliphatic rings. The fourth-order valence-corrected chi connectivity index (χ4v) is 0.686. The predicted octanol–water partition coefficient (Wildman–Crippen LogP) is -0.0825. The van der Waals surface area contributed by atoms with Crippen molar-refractivity contribution in [3.63, 3.8) is 0 Å². The Morgan fingerprint density at radius 2 is 2.30 bits per heavy atom. The number of ether oxygens (including phenoxy) is 1. The maximum Gasteiger partial charge on any atom is 0.179 e. The normalized spacial score (nSPS) is 13.5. The molecule has 0 bridgehead atoms. The van der Waals surface area contributed by atoms with Gasteiger partial charge in [-0.3, -0.25) is 0 Å². The Morgan fingerprint density at radius 1 is 1.60 bits per heavy atom. The fraction of sp³-hybridized carbons (Fsp3) is 0.800. The van der Waals surface area contributed by atoms with Crippen LogP contribution in [0.2, 0.25) is 0 Å². The summed E-state index contributed by atoms with van der Waals surface area (Å²) < 4.78 is 6.60. The topological polar surface area (TPSA) is 52.8 Å². The summed E-state index contributed by atoms with van der Waals surface area (Å²) in [5, 5.41) is 10.9. The molecule has 10 heavy (non-hydrogen) atoms. The standard InChI is InChI=1S/C5H10N4O/c1-4(10-3)5-6-7-8-9(5)2/h4H,1-3H3/t4-/m0/s1. The van der Waals surface area contributed by atoms with Crippen LogP contribution in [0.25, 0.3) is 0 Å². The lowest BCUT2D eigenvalue weighted by molar-refractivity contribution is 0.108. The molecule has 0 aromatic carbocycles. The molecule has 0 saturated heterocycles. The molecular formula is C5H10N4O. The Kier molecular flexibility index (Phi) is 1.96. The van der Waals surface area contributed by atoms with Crippen LogP contribution in [-0.4, -0.2) is 27.3 Å². The second-order valence-electron chi connectivity index (χ2n) is 2.04. The Labute approximate surface area is 59.0 Å². The Balaban J connectivity index is 2.82. The average molecular weight is 142 g/mol. The zero-order valence-electron chi connectivity index (χ0n) is 6.27. The van der Waals surface area contributed by atoms with Crippen molar-refractivity contribution in [2.24, 2.45) is 7.05 Å². The third-order valence-electron chi connectivity index (χ3n) is 1.37. The second-order valence-corrected chi connectivity index (χ2v) is 2.04. The summed E-state index contributed by atoms with van der Waals surface area (Å²) in [5.74, 6) is 0.738. The first-order chi connectivity index (χ1) is 4.75. The highest BCUT2D eigenvalue weighted by Crippen LogP contribution is 2.08. The number of rotatable bonds is 2. The largest absolute Gasteiger partial charge is 0.374 e.